The van der Waals surface area contributed by atoms with Gasteiger partial charge in [0, 0.05) is 12.1 Å². The van der Waals surface area contributed by atoms with Gasteiger partial charge in [-0.2, -0.15) is 5.26 Å². The molecule has 0 aliphatic carbocycles. The second-order valence-corrected chi connectivity index (χ2v) is 6.28. The number of hydrogen-bond acceptors (Lipinski definition) is 4. The summed E-state index contributed by atoms with van der Waals surface area (Å²) in [6.07, 6.45) is 0. The summed E-state index contributed by atoms with van der Waals surface area (Å²) in [7, 11) is -3.75. The molecule has 0 aromatic heterocycles. The van der Waals surface area contributed by atoms with Crippen molar-refractivity contribution >= 4 is 10.0 Å². The second-order valence-electron chi connectivity index (χ2n) is 4.55. The maximum Gasteiger partial charge on any atom is 0.241 e. The van der Waals surface area contributed by atoms with Crippen LogP contribution in [0, 0.1) is 18.3 Å². The predicted octanol–water partition coefficient (Wildman–Crippen LogP) is 2.05. The van der Waals surface area contributed by atoms with Gasteiger partial charge in [0.25, 0.3) is 0 Å². The highest BCUT2D eigenvalue weighted by molar-refractivity contribution is 7.89. The molecule has 0 amide bonds. The second kappa shape index (κ2) is 5.95. The lowest BCUT2D eigenvalue weighted by Gasteiger charge is -2.10. The molecule has 0 fully saturated rings. The largest absolute Gasteiger partial charge is 0.508 e. The molecular formula is C15H14N2O3S. The molecule has 0 aliphatic heterocycles. The van der Waals surface area contributed by atoms with Gasteiger partial charge in [-0.15, -0.1) is 0 Å². The van der Waals surface area contributed by atoms with E-state index in [4.69, 9.17) is 5.26 Å². The van der Waals surface area contributed by atoms with Crippen molar-refractivity contribution < 1.29 is 13.5 Å². The first-order valence-corrected chi connectivity index (χ1v) is 7.69. The first-order chi connectivity index (χ1) is 9.94. The molecule has 2 N–H and O–H groups in total. The number of para-hydroxylation sites is 1. The van der Waals surface area contributed by atoms with Crippen molar-refractivity contribution in [1.29, 1.82) is 5.26 Å². The van der Waals surface area contributed by atoms with Gasteiger partial charge >= 0.3 is 0 Å². The van der Waals surface area contributed by atoms with E-state index in [-0.39, 0.29) is 22.8 Å². The number of phenols is 1. The van der Waals surface area contributed by atoms with E-state index in [1.807, 2.05) is 6.07 Å². The number of nitrogens with zero attached hydrogens (tertiary/aromatic N) is 1. The maximum absolute atomic E-state index is 12.3. The zero-order chi connectivity index (χ0) is 15.5. The molecule has 0 heterocycles. The first kappa shape index (κ1) is 15.0. The number of nitrogens with one attached hydrogen (secondary N) is 1. The van der Waals surface area contributed by atoms with Crippen LogP contribution in [0.3, 0.4) is 0 Å². The van der Waals surface area contributed by atoms with Crippen LogP contribution in [0.25, 0.3) is 0 Å². The van der Waals surface area contributed by atoms with Crippen LogP contribution in [0.15, 0.2) is 47.4 Å². The highest BCUT2D eigenvalue weighted by Gasteiger charge is 2.17. The summed E-state index contributed by atoms with van der Waals surface area (Å²) >= 11 is 0. The molecular weight excluding hydrogens is 288 g/mol. The van der Waals surface area contributed by atoms with Crippen LogP contribution in [-0.2, 0) is 16.6 Å². The van der Waals surface area contributed by atoms with Gasteiger partial charge in [0.15, 0.2) is 0 Å². The van der Waals surface area contributed by atoms with Crippen molar-refractivity contribution in [1.82, 2.24) is 4.72 Å². The molecule has 0 spiro atoms. The van der Waals surface area contributed by atoms with E-state index in [1.54, 1.807) is 37.3 Å². The Morgan fingerprint density at radius 3 is 2.62 bits per heavy atom. The monoisotopic (exact) mass is 302 g/mol. The molecule has 0 unspecified atom stereocenters. The summed E-state index contributed by atoms with van der Waals surface area (Å²) in [5.41, 5.74) is 1.32. The summed E-state index contributed by atoms with van der Waals surface area (Å²) in [5.74, 6) is 0.0303. The van der Waals surface area contributed by atoms with Gasteiger partial charge in [0.1, 0.15) is 5.75 Å². The Morgan fingerprint density at radius 2 is 1.95 bits per heavy atom. The highest BCUT2D eigenvalue weighted by Crippen LogP contribution is 2.19. The third-order valence-corrected chi connectivity index (χ3v) is 4.59. The van der Waals surface area contributed by atoms with E-state index in [0.717, 1.165) is 0 Å². The number of benzene rings is 2. The van der Waals surface area contributed by atoms with E-state index in [0.29, 0.717) is 11.1 Å². The van der Waals surface area contributed by atoms with Crippen molar-refractivity contribution in [3.63, 3.8) is 0 Å². The Balaban J connectivity index is 2.28. The zero-order valence-electron chi connectivity index (χ0n) is 11.4. The molecule has 0 atom stereocenters. The molecule has 0 aliphatic rings. The normalized spacial score (nSPS) is 11.0. The van der Waals surface area contributed by atoms with Crippen molar-refractivity contribution in [3.05, 3.63) is 59.2 Å². The molecule has 6 heteroatoms. The van der Waals surface area contributed by atoms with Crippen LogP contribution in [0.4, 0.5) is 0 Å². The average molecular weight is 302 g/mol. The van der Waals surface area contributed by atoms with E-state index in [9.17, 15) is 13.5 Å². The van der Waals surface area contributed by atoms with Gasteiger partial charge in [-0.3, -0.25) is 0 Å². The minimum absolute atomic E-state index is 0.0226. The number of sulfonamides is 1. The zero-order valence-corrected chi connectivity index (χ0v) is 12.2. The molecule has 0 bridgehead atoms. The lowest BCUT2D eigenvalue weighted by atomic mass is 10.2. The van der Waals surface area contributed by atoms with Crippen molar-refractivity contribution in [3.8, 4) is 11.8 Å². The van der Waals surface area contributed by atoms with Crippen LogP contribution in [0.1, 0.15) is 16.7 Å². The van der Waals surface area contributed by atoms with Gasteiger partial charge < -0.3 is 5.11 Å². The fourth-order valence-electron chi connectivity index (χ4n) is 1.87. The summed E-state index contributed by atoms with van der Waals surface area (Å²) in [5, 5.41) is 18.5. The van der Waals surface area contributed by atoms with Crippen LogP contribution >= 0.6 is 0 Å². The summed E-state index contributed by atoms with van der Waals surface area (Å²) < 4.78 is 27.0. The summed E-state index contributed by atoms with van der Waals surface area (Å²) in [6, 6.07) is 12.9. The molecule has 0 saturated heterocycles. The van der Waals surface area contributed by atoms with E-state index in [2.05, 4.69) is 4.72 Å². The molecule has 0 saturated carbocycles. The standard InChI is InChI=1S/C15H14N2O3S/c1-11-6-7-12(9-16)8-15(11)21(19,20)17-10-13-4-2-3-5-14(13)18/h2-8,17-18H,10H2,1H3. The minimum atomic E-state index is -3.75. The molecule has 0 radical (unpaired) electrons. The first-order valence-electron chi connectivity index (χ1n) is 6.21. The summed E-state index contributed by atoms with van der Waals surface area (Å²) in [6.45, 7) is 1.64. The Labute approximate surface area is 123 Å². The molecule has 2 aromatic rings. The van der Waals surface area contributed by atoms with Crippen LogP contribution < -0.4 is 4.72 Å². The quantitative estimate of drug-likeness (QED) is 0.904. The van der Waals surface area contributed by atoms with Crippen molar-refractivity contribution in [2.45, 2.75) is 18.4 Å². The number of hydrogen-bond donors (Lipinski definition) is 2. The predicted molar refractivity (Wildman–Crippen MR) is 78.0 cm³/mol. The van der Waals surface area contributed by atoms with E-state index >= 15 is 0 Å². The lowest BCUT2D eigenvalue weighted by molar-refractivity contribution is 0.467. The third-order valence-electron chi connectivity index (χ3n) is 3.05. The number of aromatic hydroxyl groups is 1. The van der Waals surface area contributed by atoms with Crippen LogP contribution in [0.5, 0.6) is 5.75 Å². The lowest BCUT2D eigenvalue weighted by Crippen LogP contribution is -2.24. The SMILES string of the molecule is Cc1ccc(C#N)cc1S(=O)(=O)NCc1ccccc1O. The van der Waals surface area contributed by atoms with Gasteiger partial charge in [-0.05, 0) is 30.7 Å². The number of rotatable bonds is 4. The average Bonchev–Trinajstić information content (AvgIpc) is 2.47. The van der Waals surface area contributed by atoms with Gasteiger partial charge in [0.2, 0.25) is 10.0 Å². The van der Waals surface area contributed by atoms with Crippen molar-refractivity contribution in [2.24, 2.45) is 0 Å². The molecule has 2 rings (SSSR count). The molecule has 21 heavy (non-hydrogen) atoms. The smallest absolute Gasteiger partial charge is 0.241 e. The van der Waals surface area contributed by atoms with E-state index in [1.165, 1.54) is 12.1 Å². The number of phenolic OH excluding ortho intramolecular Hbond substituents is 1. The van der Waals surface area contributed by atoms with Crippen molar-refractivity contribution in [2.75, 3.05) is 0 Å². The molecule has 2 aromatic carbocycles. The highest BCUT2D eigenvalue weighted by atomic mass is 32.2. The summed E-state index contributed by atoms with van der Waals surface area (Å²) in [4.78, 5) is 0.0666. The van der Waals surface area contributed by atoms with Crippen LogP contribution in [0.2, 0.25) is 0 Å². The van der Waals surface area contributed by atoms with E-state index < -0.39 is 10.0 Å². The molecule has 108 valence electrons. The number of aryl methyl sites for hydroxylation is 1. The Bertz CT molecular complexity index is 808. The van der Waals surface area contributed by atoms with Crippen LogP contribution in [-0.4, -0.2) is 13.5 Å². The fourth-order valence-corrected chi connectivity index (χ4v) is 3.15. The minimum Gasteiger partial charge on any atom is -0.508 e. The van der Waals surface area contributed by atoms with Gasteiger partial charge in [-0.1, -0.05) is 24.3 Å². The third kappa shape index (κ3) is 3.40. The number of nitriles is 1. The molecule has 5 nitrogen and oxygen atoms in total. The Hall–Kier alpha value is -2.36. The van der Waals surface area contributed by atoms with Gasteiger partial charge in [0.05, 0.1) is 16.5 Å². The topological polar surface area (TPSA) is 90.2 Å². The maximum atomic E-state index is 12.3. The Kier molecular flexibility index (Phi) is 4.26. The van der Waals surface area contributed by atoms with Gasteiger partial charge in [-0.25, -0.2) is 13.1 Å². The Morgan fingerprint density at radius 1 is 1.24 bits per heavy atom. The fraction of sp³-hybridized carbons (Fsp3) is 0.133.